The molecule has 2 heterocycles. The van der Waals surface area contributed by atoms with Crippen LogP contribution in [0.25, 0.3) is 0 Å². The maximum atomic E-state index is 13.4. The van der Waals surface area contributed by atoms with Crippen molar-refractivity contribution in [3.63, 3.8) is 0 Å². The number of carbonyl (C=O) groups is 2. The first-order valence-electron chi connectivity index (χ1n) is 10.6. The van der Waals surface area contributed by atoms with E-state index < -0.39 is 11.8 Å². The second-order valence-corrected chi connectivity index (χ2v) is 7.99. The Morgan fingerprint density at radius 1 is 0.969 bits per heavy atom. The lowest BCUT2D eigenvalue weighted by atomic mass is 10.0. The average molecular weight is 442 g/mol. The van der Waals surface area contributed by atoms with Gasteiger partial charge in [0, 0.05) is 39.3 Å². The van der Waals surface area contributed by atoms with E-state index in [0.29, 0.717) is 11.5 Å². The van der Waals surface area contributed by atoms with Crippen LogP contribution in [0.4, 0.5) is 4.39 Å². The van der Waals surface area contributed by atoms with Crippen molar-refractivity contribution in [1.29, 1.82) is 0 Å². The minimum atomic E-state index is -0.709. The summed E-state index contributed by atoms with van der Waals surface area (Å²) in [6.07, 6.45) is 0. The Hall–Kier alpha value is -3.17. The number of hydrogen-bond donors (Lipinski definition) is 2. The van der Waals surface area contributed by atoms with E-state index in [-0.39, 0.29) is 31.7 Å². The fourth-order valence-corrected chi connectivity index (χ4v) is 3.86. The topological polar surface area (TPSA) is 83.1 Å². The molecule has 2 aliphatic heterocycles. The fraction of sp³-hybridized carbons (Fsp3) is 0.391. The molecule has 2 aromatic rings. The van der Waals surface area contributed by atoms with Gasteiger partial charge in [-0.3, -0.25) is 14.5 Å². The van der Waals surface area contributed by atoms with Crippen molar-refractivity contribution in [1.82, 2.24) is 20.4 Å². The van der Waals surface area contributed by atoms with Crippen molar-refractivity contribution in [2.75, 3.05) is 46.6 Å². The number of hydrogen-bond acceptors (Lipinski definition) is 6. The van der Waals surface area contributed by atoms with Gasteiger partial charge in [0.05, 0.1) is 6.04 Å². The SMILES string of the molecule is CN1CCN(C(CNC(=O)C(=O)NCc2ccc3c(c2)OCO3)c2ccc(F)cc2)CC1. The molecule has 1 saturated heterocycles. The number of rotatable bonds is 6. The molecule has 0 bridgehead atoms. The van der Waals surface area contributed by atoms with Crippen LogP contribution in [0.1, 0.15) is 17.2 Å². The molecule has 1 fully saturated rings. The summed E-state index contributed by atoms with van der Waals surface area (Å²) < 4.78 is 24.0. The summed E-state index contributed by atoms with van der Waals surface area (Å²) in [5.74, 6) is -0.437. The minimum Gasteiger partial charge on any atom is -0.454 e. The molecule has 0 aromatic heterocycles. The summed E-state index contributed by atoms with van der Waals surface area (Å²) in [6.45, 7) is 4.09. The number of nitrogens with one attached hydrogen (secondary N) is 2. The van der Waals surface area contributed by atoms with E-state index in [1.165, 1.54) is 12.1 Å². The molecule has 0 radical (unpaired) electrons. The first kappa shape index (κ1) is 22.0. The van der Waals surface area contributed by atoms with Crippen molar-refractivity contribution in [3.8, 4) is 11.5 Å². The molecule has 2 N–H and O–H groups in total. The number of ether oxygens (including phenoxy) is 2. The molecule has 0 spiro atoms. The van der Waals surface area contributed by atoms with Gasteiger partial charge in [-0.2, -0.15) is 0 Å². The van der Waals surface area contributed by atoms with E-state index in [1.54, 1.807) is 24.3 Å². The van der Waals surface area contributed by atoms with Crippen molar-refractivity contribution >= 4 is 11.8 Å². The third kappa shape index (κ3) is 5.35. The maximum Gasteiger partial charge on any atom is 0.309 e. The molecule has 1 atom stereocenters. The van der Waals surface area contributed by atoms with Crippen molar-refractivity contribution < 1.29 is 23.5 Å². The summed E-state index contributed by atoms with van der Waals surface area (Å²) >= 11 is 0. The van der Waals surface area contributed by atoms with Gasteiger partial charge in [-0.15, -0.1) is 0 Å². The largest absolute Gasteiger partial charge is 0.454 e. The number of fused-ring (bicyclic) bond motifs is 1. The van der Waals surface area contributed by atoms with E-state index in [0.717, 1.165) is 37.3 Å². The molecule has 8 nitrogen and oxygen atoms in total. The fourth-order valence-electron chi connectivity index (χ4n) is 3.86. The Bertz CT molecular complexity index is 961. The van der Waals surface area contributed by atoms with E-state index >= 15 is 0 Å². The lowest BCUT2D eigenvalue weighted by Crippen LogP contribution is -2.49. The second kappa shape index (κ2) is 9.97. The quantitative estimate of drug-likeness (QED) is 0.656. The third-order valence-electron chi connectivity index (χ3n) is 5.79. The van der Waals surface area contributed by atoms with Gasteiger partial charge >= 0.3 is 11.8 Å². The Morgan fingerprint density at radius 2 is 1.66 bits per heavy atom. The maximum absolute atomic E-state index is 13.4. The van der Waals surface area contributed by atoms with Gasteiger partial charge in [0.15, 0.2) is 11.5 Å². The first-order valence-corrected chi connectivity index (χ1v) is 10.6. The van der Waals surface area contributed by atoms with Gasteiger partial charge in [0.1, 0.15) is 5.82 Å². The summed E-state index contributed by atoms with van der Waals surface area (Å²) in [5, 5.41) is 5.37. The molecule has 4 rings (SSSR count). The van der Waals surface area contributed by atoms with Gasteiger partial charge in [-0.1, -0.05) is 18.2 Å². The number of benzene rings is 2. The Labute approximate surface area is 186 Å². The lowest BCUT2D eigenvalue weighted by molar-refractivity contribution is -0.139. The summed E-state index contributed by atoms with van der Waals surface area (Å²) in [5.41, 5.74) is 1.70. The molecule has 170 valence electrons. The summed E-state index contributed by atoms with van der Waals surface area (Å²) in [7, 11) is 2.07. The number of amides is 2. The smallest absolute Gasteiger partial charge is 0.309 e. The highest BCUT2D eigenvalue weighted by Gasteiger charge is 2.25. The Balaban J connectivity index is 1.33. The zero-order valence-electron chi connectivity index (χ0n) is 18.0. The molecule has 1 unspecified atom stereocenters. The Kier molecular flexibility index (Phi) is 6.87. The zero-order chi connectivity index (χ0) is 22.5. The number of carbonyl (C=O) groups excluding carboxylic acids is 2. The molecule has 32 heavy (non-hydrogen) atoms. The second-order valence-electron chi connectivity index (χ2n) is 7.99. The summed E-state index contributed by atoms with van der Waals surface area (Å²) in [6, 6.07) is 11.5. The number of nitrogens with zero attached hydrogens (tertiary/aromatic N) is 2. The normalized spacial score (nSPS) is 17.1. The van der Waals surface area contributed by atoms with Crippen LogP contribution >= 0.6 is 0 Å². The lowest BCUT2D eigenvalue weighted by Gasteiger charge is -2.38. The predicted octanol–water partition coefficient (Wildman–Crippen LogP) is 1.28. The van der Waals surface area contributed by atoms with Crippen molar-refractivity contribution in [3.05, 3.63) is 59.4 Å². The van der Waals surface area contributed by atoms with Crippen molar-refractivity contribution in [2.45, 2.75) is 12.6 Å². The summed E-state index contributed by atoms with van der Waals surface area (Å²) in [4.78, 5) is 29.2. The first-order chi connectivity index (χ1) is 15.5. The van der Waals surface area contributed by atoms with Crippen LogP contribution in [0.2, 0.25) is 0 Å². The van der Waals surface area contributed by atoms with Crippen LogP contribution < -0.4 is 20.1 Å². The number of likely N-dealkylation sites (N-methyl/N-ethyl adjacent to an activating group) is 1. The molecule has 2 aliphatic rings. The molecular formula is C23H27FN4O4. The molecule has 9 heteroatoms. The van der Waals surface area contributed by atoms with Crippen LogP contribution in [0.3, 0.4) is 0 Å². The minimum absolute atomic E-state index is 0.144. The van der Waals surface area contributed by atoms with Gasteiger partial charge in [-0.05, 0) is 42.4 Å². The average Bonchev–Trinajstić information content (AvgIpc) is 3.27. The van der Waals surface area contributed by atoms with E-state index in [2.05, 4.69) is 27.5 Å². The van der Waals surface area contributed by atoms with Crippen LogP contribution in [-0.4, -0.2) is 68.2 Å². The van der Waals surface area contributed by atoms with Gasteiger partial charge in [0.2, 0.25) is 6.79 Å². The van der Waals surface area contributed by atoms with E-state index in [1.807, 2.05) is 6.07 Å². The third-order valence-corrected chi connectivity index (χ3v) is 5.79. The van der Waals surface area contributed by atoms with Gasteiger partial charge in [0.25, 0.3) is 0 Å². The molecule has 0 aliphatic carbocycles. The highest BCUT2D eigenvalue weighted by molar-refractivity contribution is 6.35. The number of halogens is 1. The van der Waals surface area contributed by atoms with Crippen LogP contribution in [0.5, 0.6) is 11.5 Å². The standard InChI is InChI=1S/C23H27FN4O4/c1-27-8-10-28(11-9-27)19(17-3-5-18(24)6-4-17)14-26-23(30)22(29)25-13-16-2-7-20-21(12-16)32-15-31-20/h2-7,12,19H,8-11,13-15H2,1H3,(H,25,29)(H,26,30). The van der Waals surface area contributed by atoms with Crippen LogP contribution in [0, 0.1) is 5.82 Å². The Morgan fingerprint density at radius 3 is 2.41 bits per heavy atom. The molecule has 0 saturated carbocycles. The molecule has 2 aromatic carbocycles. The van der Waals surface area contributed by atoms with Crippen LogP contribution in [0.15, 0.2) is 42.5 Å². The highest BCUT2D eigenvalue weighted by atomic mass is 19.1. The predicted molar refractivity (Wildman–Crippen MR) is 116 cm³/mol. The monoisotopic (exact) mass is 442 g/mol. The number of piperazine rings is 1. The van der Waals surface area contributed by atoms with Crippen LogP contribution in [-0.2, 0) is 16.1 Å². The highest BCUT2D eigenvalue weighted by Crippen LogP contribution is 2.32. The molecular weight excluding hydrogens is 415 g/mol. The molecule has 2 amide bonds. The van der Waals surface area contributed by atoms with Gasteiger partial charge < -0.3 is 25.0 Å². The van der Waals surface area contributed by atoms with Gasteiger partial charge in [-0.25, -0.2) is 4.39 Å². The zero-order valence-corrected chi connectivity index (χ0v) is 18.0. The van der Waals surface area contributed by atoms with E-state index in [9.17, 15) is 14.0 Å². The van der Waals surface area contributed by atoms with E-state index in [4.69, 9.17) is 9.47 Å². The van der Waals surface area contributed by atoms with Crippen molar-refractivity contribution in [2.24, 2.45) is 0 Å².